The average molecular weight is 349 g/mol. The summed E-state index contributed by atoms with van der Waals surface area (Å²) in [4.78, 5) is 4.29. The van der Waals surface area contributed by atoms with E-state index in [1.807, 2.05) is 35.0 Å². The number of guanidine groups is 1. The number of methoxy groups -OCH3 is 2. The summed E-state index contributed by atoms with van der Waals surface area (Å²) < 4.78 is 10.5. The van der Waals surface area contributed by atoms with Crippen LogP contribution >= 0.6 is 11.3 Å². The van der Waals surface area contributed by atoms with Crippen LogP contribution in [0.25, 0.3) is 0 Å². The molecule has 1 heterocycles. The summed E-state index contributed by atoms with van der Waals surface area (Å²) in [5.74, 6) is 1.60. The third kappa shape index (κ3) is 4.62. The first-order chi connectivity index (χ1) is 11.5. The molecule has 4 N–H and O–H groups in total. The van der Waals surface area contributed by atoms with Gasteiger partial charge in [-0.05, 0) is 47.0 Å². The smallest absolute Gasteiger partial charge is 0.189 e. The number of ether oxygens (including phenoxy) is 2. The molecule has 0 aliphatic carbocycles. The van der Waals surface area contributed by atoms with Crippen LogP contribution in [0, 0.1) is 0 Å². The lowest BCUT2D eigenvalue weighted by atomic mass is 9.99. The monoisotopic (exact) mass is 349 g/mol. The molecule has 0 saturated carbocycles. The zero-order valence-corrected chi connectivity index (χ0v) is 14.9. The number of hydrogen-bond acceptors (Lipinski definition) is 5. The average Bonchev–Trinajstić information content (AvgIpc) is 3.13. The summed E-state index contributed by atoms with van der Waals surface area (Å²) in [6, 6.07) is 7.48. The molecule has 2 aromatic rings. The summed E-state index contributed by atoms with van der Waals surface area (Å²) in [5.41, 5.74) is 6.69. The van der Waals surface area contributed by atoms with E-state index in [0.717, 1.165) is 11.1 Å². The minimum atomic E-state index is -0.997. The Balaban J connectivity index is 1.94. The first-order valence-electron chi connectivity index (χ1n) is 7.46. The topological polar surface area (TPSA) is 89.1 Å². The van der Waals surface area contributed by atoms with E-state index in [-0.39, 0.29) is 12.5 Å². The highest BCUT2D eigenvalue weighted by Crippen LogP contribution is 2.27. The number of hydrogen-bond donors (Lipinski definition) is 3. The first-order valence-corrected chi connectivity index (χ1v) is 8.40. The lowest BCUT2D eigenvalue weighted by Crippen LogP contribution is -2.41. The van der Waals surface area contributed by atoms with Gasteiger partial charge < -0.3 is 25.6 Å². The largest absolute Gasteiger partial charge is 0.493 e. The fraction of sp³-hybridized carbons (Fsp3) is 0.353. The fourth-order valence-corrected chi connectivity index (χ4v) is 2.93. The lowest BCUT2D eigenvalue weighted by molar-refractivity contribution is 0.0623. The van der Waals surface area contributed by atoms with Crippen LogP contribution in [-0.4, -0.2) is 31.8 Å². The van der Waals surface area contributed by atoms with E-state index in [4.69, 9.17) is 15.2 Å². The van der Waals surface area contributed by atoms with Gasteiger partial charge in [-0.3, -0.25) is 0 Å². The zero-order chi connectivity index (χ0) is 17.6. The van der Waals surface area contributed by atoms with Gasteiger partial charge in [0.15, 0.2) is 17.5 Å². The molecule has 0 saturated heterocycles. The molecular weight excluding hydrogens is 326 g/mol. The number of thiophene rings is 1. The predicted molar refractivity (Wildman–Crippen MR) is 96.8 cm³/mol. The van der Waals surface area contributed by atoms with E-state index < -0.39 is 5.60 Å². The van der Waals surface area contributed by atoms with E-state index in [1.165, 1.54) is 0 Å². The van der Waals surface area contributed by atoms with Crippen LogP contribution < -0.4 is 20.5 Å². The number of rotatable bonds is 7. The highest BCUT2D eigenvalue weighted by molar-refractivity contribution is 7.08. The Morgan fingerprint density at radius 1 is 1.29 bits per heavy atom. The van der Waals surface area contributed by atoms with E-state index >= 15 is 0 Å². The van der Waals surface area contributed by atoms with E-state index in [1.54, 1.807) is 32.5 Å². The highest BCUT2D eigenvalue weighted by Gasteiger charge is 2.23. The van der Waals surface area contributed by atoms with Crippen LogP contribution in [0.4, 0.5) is 0 Å². The van der Waals surface area contributed by atoms with Gasteiger partial charge in [0.05, 0.1) is 27.3 Å². The van der Waals surface area contributed by atoms with Crippen molar-refractivity contribution in [2.24, 2.45) is 10.7 Å². The van der Waals surface area contributed by atoms with Gasteiger partial charge >= 0.3 is 0 Å². The number of benzene rings is 1. The van der Waals surface area contributed by atoms with Crippen molar-refractivity contribution in [1.82, 2.24) is 5.32 Å². The molecule has 0 aliphatic heterocycles. The number of nitrogens with one attached hydrogen (secondary N) is 1. The number of nitrogens with two attached hydrogens (primary N) is 1. The third-order valence-corrected chi connectivity index (χ3v) is 4.32. The molecule has 0 bridgehead atoms. The molecule has 0 fully saturated rings. The molecule has 130 valence electrons. The van der Waals surface area contributed by atoms with Crippen molar-refractivity contribution in [2.75, 3.05) is 20.8 Å². The third-order valence-electron chi connectivity index (χ3n) is 3.64. The summed E-state index contributed by atoms with van der Waals surface area (Å²) in [7, 11) is 3.18. The second kappa shape index (κ2) is 8.03. The Morgan fingerprint density at radius 3 is 2.67 bits per heavy atom. The van der Waals surface area contributed by atoms with Crippen molar-refractivity contribution in [2.45, 2.75) is 19.1 Å². The SMILES string of the molecule is COc1ccc(CN=C(N)NCC(C)(O)c2ccsc2)cc1OC. The molecule has 24 heavy (non-hydrogen) atoms. The van der Waals surface area contributed by atoms with Crippen molar-refractivity contribution < 1.29 is 14.6 Å². The van der Waals surface area contributed by atoms with E-state index in [0.29, 0.717) is 18.0 Å². The van der Waals surface area contributed by atoms with E-state index in [9.17, 15) is 5.11 Å². The summed E-state index contributed by atoms with van der Waals surface area (Å²) >= 11 is 1.54. The van der Waals surface area contributed by atoms with Crippen molar-refractivity contribution in [3.05, 3.63) is 46.2 Å². The summed E-state index contributed by atoms with van der Waals surface area (Å²) in [5, 5.41) is 17.2. The van der Waals surface area contributed by atoms with Crippen LogP contribution in [0.5, 0.6) is 11.5 Å². The molecule has 1 aromatic heterocycles. The van der Waals surface area contributed by atoms with Gasteiger partial charge in [-0.25, -0.2) is 4.99 Å². The fourth-order valence-electron chi connectivity index (χ4n) is 2.15. The minimum absolute atomic E-state index is 0.278. The van der Waals surface area contributed by atoms with Crippen molar-refractivity contribution >= 4 is 17.3 Å². The molecule has 1 atom stereocenters. The summed E-state index contributed by atoms with van der Waals surface area (Å²) in [6.45, 7) is 2.43. The van der Waals surface area contributed by atoms with Gasteiger partial charge in [0.1, 0.15) is 5.60 Å². The molecule has 7 heteroatoms. The zero-order valence-electron chi connectivity index (χ0n) is 14.1. The second-order valence-electron chi connectivity index (χ2n) is 5.53. The van der Waals surface area contributed by atoms with Crippen LogP contribution in [0.15, 0.2) is 40.0 Å². The maximum Gasteiger partial charge on any atom is 0.189 e. The molecule has 1 aromatic carbocycles. The Morgan fingerprint density at radius 2 is 2.04 bits per heavy atom. The minimum Gasteiger partial charge on any atom is -0.493 e. The number of aliphatic hydroxyl groups is 1. The Kier molecular flexibility index (Phi) is 6.05. The van der Waals surface area contributed by atoms with Gasteiger partial charge in [-0.15, -0.1) is 0 Å². The standard InChI is InChI=1S/C17H23N3O3S/c1-17(21,13-6-7-24-10-13)11-20-16(18)19-9-12-4-5-14(22-2)15(8-12)23-3/h4-8,10,21H,9,11H2,1-3H3,(H3,18,19,20). The van der Waals surface area contributed by atoms with Crippen LogP contribution in [-0.2, 0) is 12.1 Å². The summed E-state index contributed by atoms with van der Waals surface area (Å²) in [6.07, 6.45) is 0. The Hall–Kier alpha value is -2.25. The molecule has 2 rings (SSSR count). The molecule has 1 unspecified atom stereocenters. The maximum atomic E-state index is 10.4. The maximum absolute atomic E-state index is 10.4. The van der Waals surface area contributed by atoms with Crippen LogP contribution in [0.1, 0.15) is 18.1 Å². The van der Waals surface area contributed by atoms with Crippen molar-refractivity contribution in [3.8, 4) is 11.5 Å². The normalized spacial score (nSPS) is 14.1. The molecule has 0 spiro atoms. The Labute approximate surface area is 145 Å². The second-order valence-corrected chi connectivity index (χ2v) is 6.31. The van der Waals surface area contributed by atoms with Gasteiger partial charge in [0, 0.05) is 0 Å². The highest BCUT2D eigenvalue weighted by atomic mass is 32.1. The Bertz CT molecular complexity index is 684. The van der Waals surface area contributed by atoms with Gasteiger partial charge in [0.2, 0.25) is 0 Å². The predicted octanol–water partition coefficient (Wildman–Crippen LogP) is 2.08. The molecule has 6 nitrogen and oxygen atoms in total. The van der Waals surface area contributed by atoms with Crippen molar-refractivity contribution in [1.29, 1.82) is 0 Å². The molecule has 0 aliphatic rings. The lowest BCUT2D eigenvalue weighted by Gasteiger charge is -2.23. The van der Waals surface area contributed by atoms with Crippen LogP contribution in [0.3, 0.4) is 0 Å². The quantitative estimate of drug-likeness (QED) is 0.526. The number of aliphatic imine (C=N–C) groups is 1. The van der Waals surface area contributed by atoms with Gasteiger partial charge in [-0.1, -0.05) is 6.07 Å². The molecular formula is C17H23N3O3S. The van der Waals surface area contributed by atoms with E-state index in [2.05, 4.69) is 10.3 Å². The van der Waals surface area contributed by atoms with Gasteiger partial charge in [0.25, 0.3) is 0 Å². The van der Waals surface area contributed by atoms with Crippen LogP contribution in [0.2, 0.25) is 0 Å². The van der Waals surface area contributed by atoms with Crippen molar-refractivity contribution in [3.63, 3.8) is 0 Å². The molecule has 0 radical (unpaired) electrons. The first kappa shape index (κ1) is 18.1. The number of nitrogens with zero attached hydrogens (tertiary/aromatic N) is 1. The van der Waals surface area contributed by atoms with Gasteiger partial charge in [-0.2, -0.15) is 11.3 Å². The molecule has 0 amide bonds.